The number of rotatable bonds is 7. The number of hydrogen-bond acceptors (Lipinski definition) is 5. The fourth-order valence-electron chi connectivity index (χ4n) is 1.62. The molecule has 1 aromatic rings. The maximum atomic E-state index is 13.5. The van der Waals surface area contributed by atoms with Crippen molar-refractivity contribution in [2.24, 2.45) is 0 Å². The number of halogens is 1. The summed E-state index contributed by atoms with van der Waals surface area (Å²) in [7, 11) is -2.66. The summed E-state index contributed by atoms with van der Waals surface area (Å²) in [6.45, 7) is -0.426. The Bertz CT molecular complexity index is 598. The summed E-state index contributed by atoms with van der Waals surface area (Å²) < 4.78 is 44.1. The Balaban J connectivity index is 3.26. The molecule has 6 nitrogen and oxygen atoms in total. The zero-order valence-corrected chi connectivity index (χ0v) is 11.7. The molecule has 0 atom stereocenters. The second-order valence-corrected chi connectivity index (χ2v) is 5.75. The number of hydrogen-bond donors (Lipinski definition) is 1. The predicted molar refractivity (Wildman–Crippen MR) is 68.8 cm³/mol. The smallest absolute Gasteiger partial charge is 0.244 e. The minimum Gasteiger partial charge on any atom is -0.395 e. The molecule has 8 heteroatoms. The maximum absolute atomic E-state index is 13.5. The number of methoxy groups -OCH3 is 1. The Morgan fingerprint density at radius 1 is 1.45 bits per heavy atom. The molecule has 0 unspecified atom stereocenters. The largest absolute Gasteiger partial charge is 0.395 e. The van der Waals surface area contributed by atoms with Crippen LogP contribution in [0.3, 0.4) is 0 Å². The number of aliphatic hydroxyl groups is 1. The van der Waals surface area contributed by atoms with Crippen LogP contribution in [0.15, 0.2) is 23.1 Å². The van der Waals surface area contributed by atoms with Crippen molar-refractivity contribution in [2.75, 3.05) is 33.4 Å². The van der Waals surface area contributed by atoms with Crippen LogP contribution in [-0.4, -0.2) is 51.2 Å². The lowest BCUT2D eigenvalue weighted by atomic mass is 10.2. The van der Waals surface area contributed by atoms with Gasteiger partial charge in [-0.1, -0.05) is 6.07 Å². The number of nitrogens with zero attached hydrogens (tertiary/aromatic N) is 2. The zero-order valence-electron chi connectivity index (χ0n) is 10.9. The monoisotopic (exact) mass is 302 g/mol. The van der Waals surface area contributed by atoms with Crippen molar-refractivity contribution in [3.05, 3.63) is 29.6 Å². The standard InChI is InChI=1S/C12H15FN2O4S/c1-19-8-6-15(5-7-16)20(17,18)12-4-2-3-11(13)10(12)9-14/h2-4,16H,5-8H2,1H3. The molecule has 0 amide bonds. The van der Waals surface area contributed by atoms with Gasteiger partial charge in [-0.05, 0) is 12.1 Å². The SMILES string of the molecule is COCCN(CCO)S(=O)(=O)c1cccc(F)c1C#N. The van der Waals surface area contributed by atoms with Crippen molar-refractivity contribution in [2.45, 2.75) is 4.90 Å². The average Bonchev–Trinajstić information content (AvgIpc) is 2.42. The van der Waals surface area contributed by atoms with Crippen LogP contribution in [0.5, 0.6) is 0 Å². The van der Waals surface area contributed by atoms with Crippen molar-refractivity contribution in [1.29, 1.82) is 5.26 Å². The summed E-state index contributed by atoms with van der Waals surface area (Å²) in [6.07, 6.45) is 0. The first kappa shape index (κ1) is 16.5. The third-order valence-electron chi connectivity index (χ3n) is 2.60. The van der Waals surface area contributed by atoms with E-state index in [1.165, 1.54) is 13.2 Å². The highest BCUT2D eigenvalue weighted by atomic mass is 32.2. The van der Waals surface area contributed by atoms with E-state index >= 15 is 0 Å². The minimum atomic E-state index is -4.07. The van der Waals surface area contributed by atoms with Gasteiger partial charge in [-0.3, -0.25) is 0 Å². The van der Waals surface area contributed by atoms with Crippen molar-refractivity contribution >= 4 is 10.0 Å². The van der Waals surface area contributed by atoms with E-state index in [-0.39, 0.29) is 26.3 Å². The van der Waals surface area contributed by atoms with Gasteiger partial charge < -0.3 is 9.84 Å². The first-order valence-electron chi connectivity index (χ1n) is 5.77. The molecule has 0 aromatic heterocycles. The summed E-state index contributed by atoms with van der Waals surface area (Å²) in [5, 5.41) is 17.8. The van der Waals surface area contributed by atoms with Gasteiger partial charge in [0.2, 0.25) is 10.0 Å². The van der Waals surface area contributed by atoms with Crippen molar-refractivity contribution in [3.63, 3.8) is 0 Å². The van der Waals surface area contributed by atoms with Gasteiger partial charge >= 0.3 is 0 Å². The van der Waals surface area contributed by atoms with Crippen LogP contribution in [0.4, 0.5) is 4.39 Å². The van der Waals surface area contributed by atoms with E-state index in [4.69, 9.17) is 15.1 Å². The molecule has 1 rings (SSSR count). The summed E-state index contributed by atoms with van der Waals surface area (Å²) in [5.74, 6) is -0.899. The molecule has 0 radical (unpaired) electrons. The molecule has 1 N–H and O–H groups in total. The Morgan fingerprint density at radius 2 is 2.15 bits per heavy atom. The number of sulfonamides is 1. The van der Waals surface area contributed by atoms with Crippen LogP contribution in [-0.2, 0) is 14.8 Å². The van der Waals surface area contributed by atoms with E-state index in [2.05, 4.69) is 0 Å². The Hall–Kier alpha value is -1.53. The number of aliphatic hydroxyl groups excluding tert-OH is 1. The van der Waals surface area contributed by atoms with E-state index in [0.717, 1.165) is 16.4 Å². The van der Waals surface area contributed by atoms with Gasteiger partial charge in [-0.15, -0.1) is 0 Å². The summed E-state index contributed by atoms with van der Waals surface area (Å²) in [5.41, 5.74) is -0.534. The Kier molecular flexibility index (Phi) is 6.04. The first-order chi connectivity index (χ1) is 9.48. The highest BCUT2D eigenvalue weighted by molar-refractivity contribution is 7.89. The van der Waals surface area contributed by atoms with Crippen LogP contribution in [0.2, 0.25) is 0 Å². The van der Waals surface area contributed by atoms with Crippen LogP contribution in [0, 0.1) is 17.1 Å². The van der Waals surface area contributed by atoms with Crippen molar-refractivity contribution in [1.82, 2.24) is 4.31 Å². The lowest BCUT2D eigenvalue weighted by Crippen LogP contribution is -2.36. The van der Waals surface area contributed by atoms with Crippen LogP contribution < -0.4 is 0 Å². The van der Waals surface area contributed by atoms with Crippen molar-refractivity contribution < 1.29 is 22.7 Å². The van der Waals surface area contributed by atoms with E-state index in [1.54, 1.807) is 6.07 Å². The number of benzene rings is 1. The highest BCUT2D eigenvalue weighted by Crippen LogP contribution is 2.21. The van der Waals surface area contributed by atoms with E-state index < -0.39 is 26.3 Å². The van der Waals surface area contributed by atoms with Gasteiger partial charge in [0, 0.05) is 20.2 Å². The van der Waals surface area contributed by atoms with Crippen LogP contribution in [0.1, 0.15) is 5.56 Å². The molecule has 0 spiro atoms. The molecule has 110 valence electrons. The third-order valence-corrected chi connectivity index (χ3v) is 4.54. The zero-order chi connectivity index (χ0) is 15.2. The second kappa shape index (κ2) is 7.31. The van der Waals surface area contributed by atoms with E-state index in [1.807, 2.05) is 0 Å². The summed E-state index contributed by atoms with van der Waals surface area (Å²) >= 11 is 0. The molecule has 0 fully saturated rings. The lowest BCUT2D eigenvalue weighted by molar-refractivity contribution is 0.168. The number of nitriles is 1. The van der Waals surface area contributed by atoms with Gasteiger partial charge in [0.25, 0.3) is 0 Å². The third kappa shape index (κ3) is 3.52. The maximum Gasteiger partial charge on any atom is 0.244 e. The molecule has 1 aromatic carbocycles. The predicted octanol–water partition coefficient (Wildman–Crippen LogP) is 0.327. The van der Waals surface area contributed by atoms with Crippen molar-refractivity contribution in [3.8, 4) is 6.07 Å². The van der Waals surface area contributed by atoms with Gasteiger partial charge in [0.05, 0.1) is 13.2 Å². The summed E-state index contributed by atoms with van der Waals surface area (Å²) in [6, 6.07) is 4.95. The highest BCUT2D eigenvalue weighted by Gasteiger charge is 2.27. The normalized spacial score (nSPS) is 11.6. The average molecular weight is 302 g/mol. The second-order valence-electron chi connectivity index (χ2n) is 3.85. The Morgan fingerprint density at radius 3 is 2.70 bits per heavy atom. The topological polar surface area (TPSA) is 90.6 Å². The lowest BCUT2D eigenvalue weighted by Gasteiger charge is -2.21. The van der Waals surface area contributed by atoms with Gasteiger partial charge in [-0.25, -0.2) is 12.8 Å². The van der Waals surface area contributed by atoms with Gasteiger partial charge in [0.1, 0.15) is 22.3 Å². The fourth-order valence-corrected chi connectivity index (χ4v) is 3.19. The van der Waals surface area contributed by atoms with Gasteiger partial charge in [0.15, 0.2) is 0 Å². The fraction of sp³-hybridized carbons (Fsp3) is 0.417. The van der Waals surface area contributed by atoms with Crippen LogP contribution in [0.25, 0.3) is 0 Å². The molecule has 0 saturated carbocycles. The molecule has 0 heterocycles. The first-order valence-corrected chi connectivity index (χ1v) is 7.21. The number of ether oxygens (including phenoxy) is 1. The van der Waals surface area contributed by atoms with Crippen LogP contribution >= 0.6 is 0 Å². The molecule has 0 aliphatic carbocycles. The Labute approximate surface area is 117 Å². The molecular formula is C12H15FN2O4S. The molecule has 0 aliphatic rings. The minimum absolute atomic E-state index is 0.000769. The molecule has 0 bridgehead atoms. The molecule has 0 saturated heterocycles. The summed E-state index contributed by atoms with van der Waals surface area (Å²) in [4.78, 5) is -0.412. The van der Waals surface area contributed by atoms with E-state index in [0.29, 0.717) is 0 Å². The molecular weight excluding hydrogens is 287 g/mol. The molecule has 20 heavy (non-hydrogen) atoms. The molecule has 0 aliphatic heterocycles. The van der Waals surface area contributed by atoms with E-state index in [9.17, 15) is 12.8 Å². The quantitative estimate of drug-likeness (QED) is 0.783. The van der Waals surface area contributed by atoms with Gasteiger partial charge in [-0.2, -0.15) is 9.57 Å².